The van der Waals surface area contributed by atoms with Crippen LogP contribution < -0.4 is 0 Å². The molecule has 2 nitrogen and oxygen atoms in total. The number of carboxylic acids is 1. The van der Waals surface area contributed by atoms with E-state index in [9.17, 15) is 9.90 Å². The monoisotopic (exact) mass is 210 g/mol. The molecule has 1 N–H and O–H groups in total. The molecule has 15 heavy (non-hydrogen) atoms. The van der Waals surface area contributed by atoms with Gasteiger partial charge in [0.15, 0.2) is 0 Å². The largest absolute Gasteiger partial charge is 0.481 e. The number of hydrogen-bond acceptors (Lipinski definition) is 1. The lowest BCUT2D eigenvalue weighted by atomic mass is 9.60. The van der Waals surface area contributed by atoms with E-state index >= 15 is 0 Å². The minimum absolute atomic E-state index is 0.0590. The molecule has 0 amide bonds. The third-order valence-corrected chi connectivity index (χ3v) is 4.66. The van der Waals surface area contributed by atoms with Crippen molar-refractivity contribution in [2.45, 2.75) is 46.0 Å². The quantitative estimate of drug-likeness (QED) is 0.721. The van der Waals surface area contributed by atoms with Gasteiger partial charge in [-0.1, -0.05) is 20.3 Å². The average Bonchev–Trinajstić information content (AvgIpc) is 2.17. The molecule has 2 saturated carbocycles. The molecule has 86 valence electrons. The molecule has 0 heterocycles. The highest BCUT2D eigenvalue weighted by molar-refractivity contribution is 5.71. The van der Waals surface area contributed by atoms with Gasteiger partial charge < -0.3 is 5.11 Å². The van der Waals surface area contributed by atoms with Crippen molar-refractivity contribution in [2.24, 2.45) is 29.6 Å². The molecule has 0 aromatic heterocycles. The van der Waals surface area contributed by atoms with Crippen molar-refractivity contribution in [3.05, 3.63) is 0 Å². The first kappa shape index (κ1) is 11.0. The Hall–Kier alpha value is -0.530. The SMILES string of the molecule is CC1CCC2C(CCC(C)C2C(=O)O)C1. The van der Waals surface area contributed by atoms with Gasteiger partial charge in [0.2, 0.25) is 0 Å². The van der Waals surface area contributed by atoms with E-state index in [1.165, 1.54) is 19.3 Å². The summed E-state index contributed by atoms with van der Waals surface area (Å²) in [6, 6.07) is 0. The fourth-order valence-corrected chi connectivity index (χ4v) is 3.83. The van der Waals surface area contributed by atoms with Gasteiger partial charge in [-0.05, 0) is 49.4 Å². The molecular weight excluding hydrogens is 188 g/mol. The molecule has 5 atom stereocenters. The van der Waals surface area contributed by atoms with Crippen LogP contribution in [-0.2, 0) is 4.79 Å². The molecule has 2 fully saturated rings. The van der Waals surface area contributed by atoms with Crippen molar-refractivity contribution >= 4 is 5.97 Å². The lowest BCUT2D eigenvalue weighted by molar-refractivity contribution is -0.150. The summed E-state index contributed by atoms with van der Waals surface area (Å²) in [5, 5.41) is 9.31. The van der Waals surface area contributed by atoms with Crippen LogP contribution in [0, 0.1) is 29.6 Å². The molecule has 0 saturated heterocycles. The van der Waals surface area contributed by atoms with E-state index in [0.29, 0.717) is 17.8 Å². The molecule has 2 heteroatoms. The first-order valence-electron chi connectivity index (χ1n) is 6.32. The number of carbonyl (C=O) groups is 1. The molecule has 2 rings (SSSR count). The molecule has 5 unspecified atom stereocenters. The Balaban J connectivity index is 2.12. The third-order valence-electron chi connectivity index (χ3n) is 4.66. The molecule has 0 bridgehead atoms. The van der Waals surface area contributed by atoms with Crippen molar-refractivity contribution in [1.29, 1.82) is 0 Å². The van der Waals surface area contributed by atoms with E-state index in [-0.39, 0.29) is 5.92 Å². The lowest BCUT2D eigenvalue weighted by Gasteiger charge is -2.44. The van der Waals surface area contributed by atoms with Crippen LogP contribution in [0.4, 0.5) is 0 Å². The van der Waals surface area contributed by atoms with Gasteiger partial charge in [0.25, 0.3) is 0 Å². The summed E-state index contributed by atoms with van der Waals surface area (Å²) in [6.45, 7) is 4.43. The molecule has 2 aliphatic carbocycles. The highest BCUT2D eigenvalue weighted by Crippen LogP contribution is 2.47. The maximum Gasteiger partial charge on any atom is 0.307 e. The second kappa shape index (κ2) is 4.15. The van der Waals surface area contributed by atoms with Gasteiger partial charge in [-0.25, -0.2) is 0 Å². The van der Waals surface area contributed by atoms with Crippen LogP contribution in [-0.4, -0.2) is 11.1 Å². The van der Waals surface area contributed by atoms with Crippen molar-refractivity contribution in [2.75, 3.05) is 0 Å². The van der Waals surface area contributed by atoms with E-state index in [2.05, 4.69) is 13.8 Å². The van der Waals surface area contributed by atoms with Crippen LogP contribution in [0.2, 0.25) is 0 Å². The molecular formula is C13H22O2. The maximum atomic E-state index is 11.3. The van der Waals surface area contributed by atoms with E-state index < -0.39 is 5.97 Å². The summed E-state index contributed by atoms with van der Waals surface area (Å²) in [7, 11) is 0. The van der Waals surface area contributed by atoms with Gasteiger partial charge >= 0.3 is 5.97 Å². The summed E-state index contributed by atoms with van der Waals surface area (Å²) < 4.78 is 0. The van der Waals surface area contributed by atoms with E-state index in [4.69, 9.17) is 0 Å². The summed E-state index contributed by atoms with van der Waals surface area (Å²) >= 11 is 0. The zero-order valence-electron chi connectivity index (χ0n) is 9.78. The Kier molecular flexibility index (Phi) is 3.03. The number of fused-ring (bicyclic) bond motifs is 1. The van der Waals surface area contributed by atoms with Crippen LogP contribution in [0.5, 0.6) is 0 Å². The Morgan fingerprint density at radius 1 is 1.13 bits per heavy atom. The third kappa shape index (κ3) is 2.04. The van der Waals surface area contributed by atoms with Crippen LogP contribution in [0.15, 0.2) is 0 Å². The Bertz CT molecular complexity index is 249. The van der Waals surface area contributed by atoms with Crippen LogP contribution >= 0.6 is 0 Å². The minimum atomic E-state index is -0.549. The van der Waals surface area contributed by atoms with Crippen molar-refractivity contribution in [3.8, 4) is 0 Å². The summed E-state index contributed by atoms with van der Waals surface area (Å²) in [4.78, 5) is 11.3. The topological polar surface area (TPSA) is 37.3 Å². The van der Waals surface area contributed by atoms with Crippen LogP contribution in [0.25, 0.3) is 0 Å². The van der Waals surface area contributed by atoms with E-state index in [1.54, 1.807) is 0 Å². The lowest BCUT2D eigenvalue weighted by Crippen LogP contribution is -2.41. The molecule has 2 aliphatic rings. The van der Waals surface area contributed by atoms with Crippen LogP contribution in [0.1, 0.15) is 46.0 Å². The summed E-state index contributed by atoms with van der Waals surface area (Å²) in [5.74, 6) is 1.77. The highest BCUT2D eigenvalue weighted by atomic mass is 16.4. The smallest absolute Gasteiger partial charge is 0.307 e. The number of aliphatic carboxylic acids is 1. The van der Waals surface area contributed by atoms with E-state index in [1.807, 2.05) is 0 Å². The fraction of sp³-hybridized carbons (Fsp3) is 0.923. The normalized spacial score (nSPS) is 45.9. The zero-order chi connectivity index (χ0) is 11.0. The fourth-order valence-electron chi connectivity index (χ4n) is 3.83. The minimum Gasteiger partial charge on any atom is -0.481 e. The molecule has 0 spiro atoms. The summed E-state index contributed by atoms with van der Waals surface area (Å²) in [5.41, 5.74) is 0. The second-order valence-corrected chi connectivity index (χ2v) is 5.76. The Morgan fingerprint density at radius 2 is 1.87 bits per heavy atom. The van der Waals surface area contributed by atoms with Gasteiger partial charge in [-0.15, -0.1) is 0 Å². The summed E-state index contributed by atoms with van der Waals surface area (Å²) in [6.07, 6.45) is 6.02. The first-order valence-corrected chi connectivity index (χ1v) is 6.32. The molecule has 0 aromatic rings. The highest BCUT2D eigenvalue weighted by Gasteiger charge is 2.43. The van der Waals surface area contributed by atoms with Gasteiger partial charge in [-0.3, -0.25) is 4.79 Å². The first-order chi connectivity index (χ1) is 7.09. The molecule has 0 radical (unpaired) electrons. The number of hydrogen-bond donors (Lipinski definition) is 1. The standard InChI is InChI=1S/C13H22O2/c1-8-3-6-11-10(7-8)5-4-9(2)12(11)13(14)15/h8-12H,3-7H2,1-2H3,(H,14,15). The maximum absolute atomic E-state index is 11.3. The Labute approximate surface area is 92.1 Å². The van der Waals surface area contributed by atoms with Gasteiger partial charge in [0.1, 0.15) is 0 Å². The zero-order valence-corrected chi connectivity index (χ0v) is 9.78. The van der Waals surface area contributed by atoms with Gasteiger partial charge in [-0.2, -0.15) is 0 Å². The van der Waals surface area contributed by atoms with Gasteiger partial charge in [0.05, 0.1) is 5.92 Å². The van der Waals surface area contributed by atoms with Crippen molar-refractivity contribution in [3.63, 3.8) is 0 Å². The van der Waals surface area contributed by atoms with Crippen LogP contribution in [0.3, 0.4) is 0 Å². The van der Waals surface area contributed by atoms with Crippen molar-refractivity contribution in [1.82, 2.24) is 0 Å². The van der Waals surface area contributed by atoms with Gasteiger partial charge in [0, 0.05) is 0 Å². The predicted octanol–water partition coefficient (Wildman–Crippen LogP) is 3.17. The number of rotatable bonds is 1. The predicted molar refractivity (Wildman–Crippen MR) is 59.5 cm³/mol. The molecule has 0 aromatic carbocycles. The van der Waals surface area contributed by atoms with Crippen molar-refractivity contribution < 1.29 is 9.90 Å². The molecule has 0 aliphatic heterocycles. The number of carboxylic acid groups (broad SMARTS) is 1. The van der Waals surface area contributed by atoms with E-state index in [0.717, 1.165) is 18.8 Å². The Morgan fingerprint density at radius 3 is 2.53 bits per heavy atom. The second-order valence-electron chi connectivity index (χ2n) is 5.76. The average molecular weight is 210 g/mol.